The first-order valence-electron chi connectivity index (χ1n) is 5.27. The zero-order valence-electron chi connectivity index (χ0n) is 9.72. The van der Waals surface area contributed by atoms with E-state index in [0.29, 0.717) is 9.92 Å². The van der Waals surface area contributed by atoms with E-state index in [1.807, 2.05) is 0 Å². The fourth-order valence-electron chi connectivity index (χ4n) is 1.38. The largest absolute Gasteiger partial charge is 0.497 e. The minimum atomic E-state index is -1.30. The van der Waals surface area contributed by atoms with Gasteiger partial charge in [0.2, 0.25) is 0 Å². The molecule has 0 aromatic heterocycles. The number of halogens is 1. The van der Waals surface area contributed by atoms with Crippen molar-refractivity contribution in [1.82, 2.24) is 0 Å². The molecular formula is C13H12ClNO2S. The minimum absolute atomic E-state index is 0.649. The number of ether oxygens (including phenoxy) is 1. The van der Waals surface area contributed by atoms with Gasteiger partial charge in [0.25, 0.3) is 0 Å². The highest BCUT2D eigenvalue weighted by molar-refractivity contribution is 7.86. The van der Waals surface area contributed by atoms with E-state index in [1.54, 1.807) is 55.6 Å². The van der Waals surface area contributed by atoms with Crippen LogP contribution in [0, 0.1) is 0 Å². The highest BCUT2D eigenvalue weighted by Crippen LogP contribution is 2.18. The van der Waals surface area contributed by atoms with Crippen LogP contribution in [0.5, 0.6) is 5.75 Å². The Balaban J connectivity index is 2.09. The molecule has 3 nitrogen and oxygen atoms in total. The van der Waals surface area contributed by atoms with Crippen LogP contribution in [-0.4, -0.2) is 11.3 Å². The molecule has 0 saturated heterocycles. The smallest absolute Gasteiger partial charge is 0.150 e. The monoisotopic (exact) mass is 281 g/mol. The highest BCUT2D eigenvalue weighted by Gasteiger charge is 2.04. The van der Waals surface area contributed by atoms with Gasteiger partial charge in [-0.05, 0) is 48.5 Å². The van der Waals surface area contributed by atoms with Gasteiger partial charge in [0.05, 0.1) is 12.0 Å². The maximum Gasteiger partial charge on any atom is 0.150 e. The topological polar surface area (TPSA) is 38.3 Å². The second-order valence-corrected chi connectivity index (χ2v) is 5.20. The van der Waals surface area contributed by atoms with E-state index in [0.717, 1.165) is 11.4 Å². The second-order valence-electron chi connectivity index (χ2n) is 3.55. The zero-order chi connectivity index (χ0) is 13.0. The lowest BCUT2D eigenvalue weighted by Gasteiger charge is -2.06. The van der Waals surface area contributed by atoms with Gasteiger partial charge in [-0.2, -0.15) is 0 Å². The summed E-state index contributed by atoms with van der Waals surface area (Å²) in [6.07, 6.45) is 0. The summed E-state index contributed by atoms with van der Waals surface area (Å²) in [6.45, 7) is 0. The quantitative estimate of drug-likeness (QED) is 0.932. The Morgan fingerprint density at radius 3 is 2.22 bits per heavy atom. The Morgan fingerprint density at radius 1 is 1.06 bits per heavy atom. The highest BCUT2D eigenvalue weighted by atomic mass is 35.5. The summed E-state index contributed by atoms with van der Waals surface area (Å²) in [7, 11) is 0.295. The molecule has 0 radical (unpaired) electrons. The third kappa shape index (κ3) is 3.24. The first-order chi connectivity index (χ1) is 8.69. The van der Waals surface area contributed by atoms with Gasteiger partial charge in [0, 0.05) is 10.7 Å². The van der Waals surface area contributed by atoms with Crippen LogP contribution >= 0.6 is 11.6 Å². The summed E-state index contributed by atoms with van der Waals surface area (Å²) in [4.78, 5) is 0.686. The molecule has 0 heterocycles. The van der Waals surface area contributed by atoms with Crippen molar-refractivity contribution in [1.29, 1.82) is 0 Å². The van der Waals surface area contributed by atoms with E-state index >= 15 is 0 Å². The summed E-state index contributed by atoms with van der Waals surface area (Å²) >= 11 is 5.78. The predicted octanol–water partition coefficient (Wildman–Crippen LogP) is 3.48. The van der Waals surface area contributed by atoms with E-state index in [9.17, 15) is 4.21 Å². The van der Waals surface area contributed by atoms with Crippen LogP contribution in [0.1, 0.15) is 0 Å². The Morgan fingerprint density at radius 2 is 1.67 bits per heavy atom. The SMILES string of the molecule is COc1ccc(S(=O)Nc2ccc(Cl)cc2)cc1. The lowest BCUT2D eigenvalue weighted by Crippen LogP contribution is -2.04. The Kier molecular flexibility index (Phi) is 4.23. The van der Waals surface area contributed by atoms with Gasteiger partial charge in [-0.15, -0.1) is 0 Å². The molecule has 0 saturated carbocycles. The molecule has 0 amide bonds. The minimum Gasteiger partial charge on any atom is -0.497 e. The summed E-state index contributed by atoms with van der Waals surface area (Å²) in [5.74, 6) is 0.738. The van der Waals surface area contributed by atoms with Gasteiger partial charge in [-0.1, -0.05) is 11.6 Å². The van der Waals surface area contributed by atoms with Crippen molar-refractivity contribution in [3.63, 3.8) is 0 Å². The predicted molar refractivity (Wildman–Crippen MR) is 74.5 cm³/mol. The van der Waals surface area contributed by atoms with Crippen LogP contribution in [0.2, 0.25) is 5.02 Å². The molecule has 0 aliphatic heterocycles. The van der Waals surface area contributed by atoms with Crippen LogP contribution in [0.25, 0.3) is 0 Å². The van der Waals surface area contributed by atoms with Crippen molar-refractivity contribution in [3.05, 3.63) is 53.6 Å². The Labute approximate surface area is 113 Å². The number of methoxy groups -OCH3 is 1. The summed E-state index contributed by atoms with van der Waals surface area (Å²) in [5.41, 5.74) is 0.758. The molecule has 0 aliphatic carbocycles. The average molecular weight is 282 g/mol. The number of benzene rings is 2. The van der Waals surface area contributed by atoms with Crippen LogP contribution in [0.4, 0.5) is 5.69 Å². The molecule has 0 fully saturated rings. The van der Waals surface area contributed by atoms with Crippen molar-refractivity contribution < 1.29 is 8.95 Å². The summed E-state index contributed by atoms with van der Waals surface area (Å²) in [6, 6.07) is 14.1. The summed E-state index contributed by atoms with van der Waals surface area (Å²) in [5, 5.41) is 0.649. The van der Waals surface area contributed by atoms with Crippen LogP contribution in [-0.2, 0) is 11.0 Å². The van der Waals surface area contributed by atoms with Crippen LogP contribution in [0.15, 0.2) is 53.4 Å². The molecule has 2 aromatic carbocycles. The van der Waals surface area contributed by atoms with E-state index in [1.165, 1.54) is 0 Å². The average Bonchev–Trinajstić information content (AvgIpc) is 2.41. The van der Waals surface area contributed by atoms with Gasteiger partial charge in [-0.3, -0.25) is 0 Å². The normalized spacial score (nSPS) is 11.9. The third-order valence-corrected chi connectivity index (χ3v) is 3.70. The zero-order valence-corrected chi connectivity index (χ0v) is 11.3. The molecule has 0 spiro atoms. The molecule has 18 heavy (non-hydrogen) atoms. The van der Waals surface area contributed by atoms with Crippen molar-refractivity contribution in [2.45, 2.75) is 4.90 Å². The maximum absolute atomic E-state index is 12.0. The third-order valence-electron chi connectivity index (χ3n) is 2.33. The number of hydrogen-bond acceptors (Lipinski definition) is 2. The second kappa shape index (κ2) is 5.89. The van der Waals surface area contributed by atoms with E-state index in [4.69, 9.17) is 16.3 Å². The van der Waals surface area contributed by atoms with Gasteiger partial charge >= 0.3 is 0 Å². The van der Waals surface area contributed by atoms with E-state index in [-0.39, 0.29) is 0 Å². The lowest BCUT2D eigenvalue weighted by molar-refractivity contribution is 0.414. The Hall–Kier alpha value is -1.52. The molecule has 0 bridgehead atoms. The summed E-state index contributed by atoms with van der Waals surface area (Å²) < 4.78 is 20.0. The first kappa shape index (κ1) is 12.9. The Bertz CT molecular complexity index is 540. The van der Waals surface area contributed by atoms with Crippen molar-refractivity contribution in [2.24, 2.45) is 0 Å². The fraction of sp³-hybridized carbons (Fsp3) is 0.0769. The van der Waals surface area contributed by atoms with Gasteiger partial charge in [0.15, 0.2) is 0 Å². The molecule has 94 valence electrons. The van der Waals surface area contributed by atoms with Crippen molar-refractivity contribution in [2.75, 3.05) is 11.8 Å². The van der Waals surface area contributed by atoms with E-state index in [2.05, 4.69) is 4.72 Å². The number of anilines is 1. The van der Waals surface area contributed by atoms with Crippen molar-refractivity contribution >= 4 is 28.3 Å². The number of nitrogens with one attached hydrogen (secondary N) is 1. The van der Waals surface area contributed by atoms with Crippen molar-refractivity contribution in [3.8, 4) is 5.75 Å². The standard InChI is InChI=1S/C13H12ClNO2S/c1-17-12-6-8-13(9-7-12)18(16)15-11-4-2-10(14)3-5-11/h2-9,15H,1H3. The van der Waals surface area contributed by atoms with Gasteiger partial charge in [-0.25, -0.2) is 4.21 Å². The maximum atomic E-state index is 12.0. The molecule has 1 N–H and O–H groups in total. The molecule has 2 rings (SSSR count). The fourth-order valence-corrected chi connectivity index (χ4v) is 2.36. The first-order valence-corrected chi connectivity index (χ1v) is 6.80. The number of rotatable bonds is 4. The number of hydrogen-bond donors (Lipinski definition) is 1. The molecular weight excluding hydrogens is 270 g/mol. The molecule has 1 atom stereocenters. The molecule has 1 unspecified atom stereocenters. The van der Waals surface area contributed by atoms with Crippen LogP contribution in [0.3, 0.4) is 0 Å². The molecule has 5 heteroatoms. The lowest BCUT2D eigenvalue weighted by atomic mass is 10.3. The van der Waals surface area contributed by atoms with E-state index < -0.39 is 11.0 Å². The van der Waals surface area contributed by atoms with Crippen LogP contribution < -0.4 is 9.46 Å². The van der Waals surface area contributed by atoms with Gasteiger partial charge in [0.1, 0.15) is 16.7 Å². The molecule has 2 aromatic rings. The van der Waals surface area contributed by atoms with Gasteiger partial charge < -0.3 is 9.46 Å². The molecule has 0 aliphatic rings.